The summed E-state index contributed by atoms with van der Waals surface area (Å²) in [6.07, 6.45) is 5.52. The molecular weight excluding hydrogens is 292 g/mol. The molecule has 0 N–H and O–H groups in total. The first-order chi connectivity index (χ1) is 10.9. The van der Waals surface area contributed by atoms with Crippen LogP contribution in [0.4, 0.5) is 5.13 Å². The van der Waals surface area contributed by atoms with Crippen LogP contribution in [0.15, 0.2) is 35.7 Å². The molecule has 0 aliphatic carbocycles. The van der Waals surface area contributed by atoms with Crippen LogP contribution >= 0.6 is 11.3 Å². The SMILES string of the molecule is c1ccc(-c2csc(N3CCC(C4CCCO4)CC3)n2)cc1. The summed E-state index contributed by atoms with van der Waals surface area (Å²) in [6.45, 7) is 3.20. The minimum absolute atomic E-state index is 0.526. The second kappa shape index (κ2) is 6.39. The van der Waals surface area contributed by atoms with Gasteiger partial charge in [-0.05, 0) is 31.6 Å². The van der Waals surface area contributed by atoms with Gasteiger partial charge in [-0.3, -0.25) is 0 Å². The zero-order valence-corrected chi connectivity index (χ0v) is 13.6. The van der Waals surface area contributed by atoms with Gasteiger partial charge in [0.2, 0.25) is 0 Å². The Morgan fingerprint density at radius 3 is 2.64 bits per heavy atom. The number of aromatic nitrogens is 1. The van der Waals surface area contributed by atoms with E-state index in [1.165, 1.54) is 36.4 Å². The van der Waals surface area contributed by atoms with Crippen molar-refractivity contribution in [2.45, 2.75) is 31.8 Å². The fourth-order valence-electron chi connectivity index (χ4n) is 3.59. The molecule has 4 heteroatoms. The van der Waals surface area contributed by atoms with Crippen LogP contribution in [0.2, 0.25) is 0 Å². The molecule has 2 aliphatic rings. The monoisotopic (exact) mass is 314 g/mol. The zero-order chi connectivity index (χ0) is 14.8. The summed E-state index contributed by atoms with van der Waals surface area (Å²) in [5, 5.41) is 3.35. The number of thiazole rings is 1. The van der Waals surface area contributed by atoms with E-state index < -0.39 is 0 Å². The molecule has 116 valence electrons. The second-order valence-electron chi connectivity index (χ2n) is 6.26. The van der Waals surface area contributed by atoms with Gasteiger partial charge >= 0.3 is 0 Å². The zero-order valence-electron chi connectivity index (χ0n) is 12.8. The molecule has 3 heterocycles. The highest BCUT2D eigenvalue weighted by atomic mass is 32.1. The Hall–Kier alpha value is -1.39. The van der Waals surface area contributed by atoms with Crippen molar-refractivity contribution in [3.63, 3.8) is 0 Å². The van der Waals surface area contributed by atoms with E-state index in [1.807, 2.05) is 6.07 Å². The highest BCUT2D eigenvalue weighted by molar-refractivity contribution is 7.14. The standard InChI is InChI=1S/C18H22N2OS/c1-2-5-14(6-3-1)16-13-22-18(19-16)20-10-8-15(9-11-20)17-7-4-12-21-17/h1-3,5-6,13,15,17H,4,7-12H2. The van der Waals surface area contributed by atoms with Gasteiger partial charge in [0.1, 0.15) is 0 Å². The Kier molecular flexibility index (Phi) is 4.13. The van der Waals surface area contributed by atoms with Crippen LogP contribution < -0.4 is 4.90 Å². The lowest BCUT2D eigenvalue weighted by Gasteiger charge is -2.34. The van der Waals surface area contributed by atoms with Gasteiger partial charge in [-0.25, -0.2) is 4.98 Å². The lowest BCUT2D eigenvalue weighted by Crippen LogP contribution is -2.37. The van der Waals surface area contributed by atoms with Crippen molar-refractivity contribution in [3.05, 3.63) is 35.7 Å². The average Bonchev–Trinajstić information content (AvgIpc) is 3.28. The molecule has 4 rings (SSSR count). The van der Waals surface area contributed by atoms with Crippen LogP contribution in [0.1, 0.15) is 25.7 Å². The lowest BCUT2D eigenvalue weighted by molar-refractivity contribution is 0.0531. The van der Waals surface area contributed by atoms with Crippen molar-refractivity contribution in [3.8, 4) is 11.3 Å². The molecule has 0 amide bonds. The largest absolute Gasteiger partial charge is 0.378 e. The van der Waals surface area contributed by atoms with Gasteiger partial charge in [0.25, 0.3) is 0 Å². The van der Waals surface area contributed by atoms with Crippen molar-refractivity contribution < 1.29 is 4.74 Å². The third kappa shape index (κ3) is 2.90. The van der Waals surface area contributed by atoms with Gasteiger partial charge < -0.3 is 9.64 Å². The molecule has 2 aliphatic heterocycles. The maximum Gasteiger partial charge on any atom is 0.185 e. The van der Waals surface area contributed by atoms with Gasteiger partial charge in [-0.15, -0.1) is 11.3 Å². The molecule has 1 aromatic heterocycles. The summed E-state index contributed by atoms with van der Waals surface area (Å²) in [7, 11) is 0. The van der Waals surface area contributed by atoms with Gasteiger partial charge in [0.15, 0.2) is 5.13 Å². The molecule has 2 aromatic rings. The summed E-state index contributed by atoms with van der Waals surface area (Å²) >= 11 is 1.77. The molecule has 22 heavy (non-hydrogen) atoms. The van der Waals surface area contributed by atoms with E-state index in [-0.39, 0.29) is 0 Å². The van der Waals surface area contributed by atoms with Gasteiger partial charge in [0.05, 0.1) is 11.8 Å². The predicted molar refractivity (Wildman–Crippen MR) is 91.5 cm³/mol. The number of piperidine rings is 1. The highest BCUT2D eigenvalue weighted by Gasteiger charge is 2.30. The topological polar surface area (TPSA) is 25.4 Å². The predicted octanol–water partition coefficient (Wildman–Crippen LogP) is 4.21. The number of ether oxygens (including phenoxy) is 1. The Morgan fingerprint density at radius 2 is 1.91 bits per heavy atom. The van der Waals surface area contributed by atoms with Crippen LogP contribution in [0.5, 0.6) is 0 Å². The quantitative estimate of drug-likeness (QED) is 0.849. The first-order valence-electron chi connectivity index (χ1n) is 8.27. The maximum absolute atomic E-state index is 5.86. The molecule has 1 atom stereocenters. The Bertz CT molecular complexity index is 599. The van der Waals surface area contributed by atoms with E-state index in [2.05, 4.69) is 34.5 Å². The number of hydrogen-bond donors (Lipinski definition) is 0. The fraction of sp³-hybridized carbons (Fsp3) is 0.500. The minimum atomic E-state index is 0.526. The van der Waals surface area contributed by atoms with Crippen LogP contribution in [0.25, 0.3) is 11.3 Å². The maximum atomic E-state index is 5.86. The summed E-state index contributed by atoms with van der Waals surface area (Å²) in [5.74, 6) is 0.757. The fourth-order valence-corrected chi connectivity index (χ4v) is 4.48. The molecule has 1 unspecified atom stereocenters. The summed E-state index contributed by atoms with van der Waals surface area (Å²) < 4.78 is 5.86. The van der Waals surface area contributed by atoms with Crippen molar-refractivity contribution in [1.82, 2.24) is 4.98 Å². The molecule has 2 saturated heterocycles. The van der Waals surface area contributed by atoms with E-state index in [4.69, 9.17) is 9.72 Å². The number of benzene rings is 1. The lowest BCUT2D eigenvalue weighted by atomic mass is 9.90. The molecular formula is C18H22N2OS. The number of rotatable bonds is 3. The molecule has 0 radical (unpaired) electrons. The molecule has 2 fully saturated rings. The summed E-state index contributed by atoms with van der Waals surface area (Å²) in [6, 6.07) is 10.4. The van der Waals surface area contributed by atoms with Gasteiger partial charge in [-0.2, -0.15) is 0 Å². The van der Waals surface area contributed by atoms with Gasteiger partial charge in [-0.1, -0.05) is 30.3 Å². The van der Waals surface area contributed by atoms with Crippen molar-refractivity contribution in [1.29, 1.82) is 0 Å². The Balaban J connectivity index is 1.40. The van der Waals surface area contributed by atoms with Crippen LogP contribution in [0, 0.1) is 5.92 Å². The molecule has 1 aromatic carbocycles. The van der Waals surface area contributed by atoms with E-state index >= 15 is 0 Å². The summed E-state index contributed by atoms with van der Waals surface area (Å²) in [4.78, 5) is 7.29. The van der Waals surface area contributed by atoms with Crippen LogP contribution in [-0.2, 0) is 4.74 Å². The van der Waals surface area contributed by atoms with E-state index in [0.29, 0.717) is 6.10 Å². The molecule has 3 nitrogen and oxygen atoms in total. The smallest absolute Gasteiger partial charge is 0.185 e. The molecule has 0 bridgehead atoms. The summed E-state index contributed by atoms with van der Waals surface area (Å²) in [5.41, 5.74) is 2.31. The number of anilines is 1. The van der Waals surface area contributed by atoms with E-state index in [1.54, 1.807) is 11.3 Å². The van der Waals surface area contributed by atoms with E-state index in [0.717, 1.165) is 31.3 Å². The number of nitrogens with zero attached hydrogens (tertiary/aromatic N) is 2. The third-order valence-electron chi connectivity index (χ3n) is 4.86. The Morgan fingerprint density at radius 1 is 1.09 bits per heavy atom. The van der Waals surface area contributed by atoms with Crippen molar-refractivity contribution in [2.24, 2.45) is 5.92 Å². The van der Waals surface area contributed by atoms with Crippen molar-refractivity contribution in [2.75, 3.05) is 24.6 Å². The second-order valence-corrected chi connectivity index (χ2v) is 7.09. The normalized spacial score (nSPS) is 23.1. The number of hydrogen-bond acceptors (Lipinski definition) is 4. The molecule has 0 saturated carbocycles. The minimum Gasteiger partial charge on any atom is -0.378 e. The van der Waals surface area contributed by atoms with Crippen molar-refractivity contribution >= 4 is 16.5 Å². The highest BCUT2D eigenvalue weighted by Crippen LogP contribution is 2.33. The molecule has 0 spiro atoms. The Labute approximate surface area is 135 Å². The first kappa shape index (κ1) is 14.2. The first-order valence-corrected chi connectivity index (χ1v) is 9.15. The third-order valence-corrected chi connectivity index (χ3v) is 5.76. The van der Waals surface area contributed by atoms with Gasteiger partial charge in [0, 0.05) is 30.6 Å². The van der Waals surface area contributed by atoms with Crippen LogP contribution in [-0.4, -0.2) is 30.8 Å². The van der Waals surface area contributed by atoms with Crippen LogP contribution in [0.3, 0.4) is 0 Å². The van der Waals surface area contributed by atoms with E-state index in [9.17, 15) is 0 Å². The average molecular weight is 314 g/mol.